The first-order valence-electron chi connectivity index (χ1n) is 14.5. The highest BCUT2D eigenvalue weighted by Gasteiger charge is 2.48. The molecule has 2 N–H and O–H groups in total. The summed E-state index contributed by atoms with van der Waals surface area (Å²) in [7, 11) is -4.33. The summed E-state index contributed by atoms with van der Waals surface area (Å²) in [5.74, 6) is -1.52. The molecule has 2 unspecified atom stereocenters. The number of hydrogen-bond acceptors (Lipinski definition) is 9. The van der Waals surface area contributed by atoms with Crippen LogP contribution in [0.2, 0.25) is 0 Å². The minimum absolute atomic E-state index is 0.0353. The van der Waals surface area contributed by atoms with Gasteiger partial charge in [0.2, 0.25) is 5.82 Å². The number of nitrogens with one attached hydrogen (secondary N) is 1. The molecule has 0 spiro atoms. The third-order valence-electron chi connectivity index (χ3n) is 7.84. The number of aromatic nitrogens is 2. The SMILES string of the molecule is O=C(OCc1ccccc1)C1CCCN1P(=O)(OC[C@H]1O[C@@H](n2cc(F)c(=O)[nH]c2=O)C[C@@H]1O)Oc1cccc2ccccc12. The van der Waals surface area contributed by atoms with Crippen LogP contribution in [0.25, 0.3) is 10.8 Å². The van der Waals surface area contributed by atoms with E-state index < -0.39 is 61.9 Å². The van der Waals surface area contributed by atoms with Crippen LogP contribution in [-0.2, 0) is 30.0 Å². The number of fused-ring (bicyclic) bond motifs is 1. The Bertz CT molecular complexity index is 1840. The number of carbonyl (C=O) groups excluding carboxylic acids is 1. The molecule has 5 atom stereocenters. The lowest BCUT2D eigenvalue weighted by molar-refractivity contribution is -0.149. The van der Waals surface area contributed by atoms with Crippen molar-refractivity contribution in [2.45, 2.75) is 50.3 Å². The molecule has 45 heavy (non-hydrogen) atoms. The number of benzene rings is 3. The lowest BCUT2D eigenvalue weighted by Crippen LogP contribution is -2.38. The van der Waals surface area contributed by atoms with Gasteiger partial charge in [-0.15, -0.1) is 0 Å². The number of nitrogens with zero attached hydrogens (tertiary/aromatic N) is 2. The molecule has 2 aliphatic rings. The van der Waals surface area contributed by atoms with Gasteiger partial charge in [-0.2, -0.15) is 9.06 Å². The second-order valence-corrected chi connectivity index (χ2v) is 12.7. The van der Waals surface area contributed by atoms with Gasteiger partial charge in [0, 0.05) is 18.4 Å². The van der Waals surface area contributed by atoms with Crippen molar-refractivity contribution in [3.05, 3.63) is 111 Å². The van der Waals surface area contributed by atoms with E-state index in [1.165, 1.54) is 4.67 Å². The van der Waals surface area contributed by atoms with Crippen LogP contribution in [0.1, 0.15) is 31.1 Å². The molecule has 14 heteroatoms. The summed E-state index contributed by atoms with van der Waals surface area (Å²) in [4.78, 5) is 38.9. The number of carbonyl (C=O) groups is 1. The van der Waals surface area contributed by atoms with Crippen LogP contribution >= 0.6 is 7.75 Å². The largest absolute Gasteiger partial charge is 0.462 e. The standard InChI is InChI=1S/C31H31FN3O9P/c32-23-17-34(31(39)33-29(23)37)28-16-25(36)27(43-28)19-42-45(40,44-26-14-6-11-21-10-4-5-12-22(21)26)35-15-7-13-24(35)30(38)41-18-20-8-2-1-3-9-20/h1-6,8-12,14,17,24-25,27-28,36H,7,13,15-16,18-19H2,(H,33,37,39)/t24?,25-,27+,28+,45?/m0/s1. The van der Waals surface area contributed by atoms with E-state index in [1.54, 1.807) is 18.2 Å². The van der Waals surface area contributed by atoms with E-state index in [9.17, 15) is 28.4 Å². The summed E-state index contributed by atoms with van der Waals surface area (Å²) in [5, 5.41) is 12.2. The maximum Gasteiger partial charge on any atom is 0.462 e. The van der Waals surface area contributed by atoms with Crippen molar-refractivity contribution in [3.63, 3.8) is 0 Å². The number of ether oxygens (including phenoxy) is 2. The zero-order valence-corrected chi connectivity index (χ0v) is 24.9. The zero-order chi connectivity index (χ0) is 31.6. The number of H-pyrrole nitrogens is 1. The monoisotopic (exact) mass is 639 g/mol. The van der Waals surface area contributed by atoms with Crippen LogP contribution in [-0.4, -0.2) is 56.7 Å². The van der Waals surface area contributed by atoms with Gasteiger partial charge in [0.25, 0.3) is 5.56 Å². The molecule has 0 saturated carbocycles. The van der Waals surface area contributed by atoms with Crippen LogP contribution < -0.4 is 15.8 Å². The smallest absolute Gasteiger partial charge is 0.460 e. The Balaban J connectivity index is 1.25. The lowest BCUT2D eigenvalue weighted by atomic mass is 10.1. The second-order valence-electron chi connectivity index (χ2n) is 10.8. The molecule has 0 bridgehead atoms. The van der Waals surface area contributed by atoms with Gasteiger partial charge in [-0.1, -0.05) is 66.7 Å². The quantitative estimate of drug-likeness (QED) is 0.193. The number of aliphatic hydroxyl groups excluding tert-OH is 1. The summed E-state index contributed by atoms with van der Waals surface area (Å²) >= 11 is 0. The first-order valence-corrected chi connectivity index (χ1v) is 16.0. The highest BCUT2D eigenvalue weighted by molar-refractivity contribution is 7.51. The second kappa shape index (κ2) is 13.1. The highest BCUT2D eigenvalue weighted by Crippen LogP contribution is 2.56. The van der Waals surface area contributed by atoms with E-state index in [2.05, 4.69) is 0 Å². The minimum Gasteiger partial charge on any atom is -0.460 e. The summed E-state index contributed by atoms with van der Waals surface area (Å²) in [6.07, 6.45) is -2.00. The van der Waals surface area contributed by atoms with Gasteiger partial charge in [-0.25, -0.2) is 9.36 Å². The van der Waals surface area contributed by atoms with Gasteiger partial charge in [0.05, 0.1) is 18.9 Å². The Hall–Kier alpha value is -4.13. The zero-order valence-electron chi connectivity index (χ0n) is 24.0. The van der Waals surface area contributed by atoms with Crippen LogP contribution in [0.4, 0.5) is 4.39 Å². The normalized spacial score (nSPS) is 23.2. The summed E-state index contributed by atoms with van der Waals surface area (Å²) in [6, 6.07) is 20.8. The molecular formula is C31H31FN3O9P. The predicted octanol–water partition coefficient (Wildman–Crippen LogP) is 3.89. The number of aliphatic hydroxyl groups is 1. The molecule has 4 aromatic rings. The number of aromatic amines is 1. The minimum atomic E-state index is -4.33. The topological polar surface area (TPSA) is 149 Å². The summed E-state index contributed by atoms with van der Waals surface area (Å²) < 4.78 is 54.4. The maximum atomic E-state index is 14.8. The molecule has 236 valence electrons. The number of rotatable bonds is 10. The molecule has 0 amide bonds. The van der Waals surface area contributed by atoms with Crippen molar-refractivity contribution < 1.29 is 37.4 Å². The van der Waals surface area contributed by atoms with Crippen LogP contribution in [0.5, 0.6) is 5.75 Å². The molecule has 2 fully saturated rings. The van der Waals surface area contributed by atoms with Crippen molar-refractivity contribution in [1.82, 2.24) is 14.2 Å². The molecule has 2 aliphatic heterocycles. The Morgan fingerprint density at radius 1 is 1.07 bits per heavy atom. The maximum absolute atomic E-state index is 14.8. The van der Waals surface area contributed by atoms with Gasteiger partial charge in [0.15, 0.2) is 0 Å². The molecule has 2 saturated heterocycles. The summed E-state index contributed by atoms with van der Waals surface area (Å²) in [5.41, 5.74) is -1.30. The molecule has 0 aliphatic carbocycles. The molecule has 0 radical (unpaired) electrons. The Labute approximate surface area is 256 Å². The van der Waals surface area contributed by atoms with Gasteiger partial charge < -0.3 is 19.1 Å². The van der Waals surface area contributed by atoms with Crippen molar-refractivity contribution in [2.75, 3.05) is 13.2 Å². The van der Waals surface area contributed by atoms with E-state index in [0.717, 1.165) is 15.5 Å². The fourth-order valence-corrected chi connectivity index (χ4v) is 7.53. The van der Waals surface area contributed by atoms with E-state index >= 15 is 0 Å². The molecular weight excluding hydrogens is 608 g/mol. The molecule has 6 rings (SSSR count). The lowest BCUT2D eigenvalue weighted by Gasteiger charge is -2.31. The van der Waals surface area contributed by atoms with E-state index in [1.807, 2.05) is 59.6 Å². The number of halogens is 1. The third-order valence-corrected chi connectivity index (χ3v) is 9.85. The predicted molar refractivity (Wildman–Crippen MR) is 160 cm³/mol. The fourth-order valence-electron chi connectivity index (χ4n) is 5.54. The Morgan fingerprint density at radius 3 is 2.64 bits per heavy atom. The number of esters is 1. The van der Waals surface area contributed by atoms with E-state index in [4.69, 9.17) is 18.5 Å². The third kappa shape index (κ3) is 6.63. The molecule has 3 heterocycles. The summed E-state index contributed by atoms with van der Waals surface area (Å²) in [6.45, 7) is -0.216. The van der Waals surface area contributed by atoms with E-state index in [0.29, 0.717) is 24.4 Å². The van der Waals surface area contributed by atoms with Crippen LogP contribution in [0.3, 0.4) is 0 Å². The van der Waals surface area contributed by atoms with Crippen molar-refractivity contribution in [1.29, 1.82) is 0 Å². The molecule has 3 aromatic carbocycles. The van der Waals surface area contributed by atoms with Crippen molar-refractivity contribution >= 4 is 24.5 Å². The number of hydrogen-bond donors (Lipinski definition) is 2. The molecule has 12 nitrogen and oxygen atoms in total. The highest BCUT2D eigenvalue weighted by atomic mass is 31.2. The van der Waals surface area contributed by atoms with Crippen LogP contribution in [0, 0.1) is 5.82 Å². The van der Waals surface area contributed by atoms with E-state index in [-0.39, 0.29) is 25.3 Å². The van der Waals surface area contributed by atoms with Gasteiger partial charge in [0.1, 0.15) is 30.7 Å². The van der Waals surface area contributed by atoms with Gasteiger partial charge in [-0.3, -0.25) is 23.7 Å². The van der Waals surface area contributed by atoms with Crippen molar-refractivity contribution in [3.8, 4) is 5.75 Å². The Kier molecular flexibility index (Phi) is 8.97. The molecule has 1 aromatic heterocycles. The Morgan fingerprint density at radius 2 is 1.82 bits per heavy atom. The average Bonchev–Trinajstić information content (AvgIpc) is 3.69. The van der Waals surface area contributed by atoms with Gasteiger partial charge in [-0.05, 0) is 29.9 Å². The first kappa shape index (κ1) is 30.9. The van der Waals surface area contributed by atoms with Gasteiger partial charge >= 0.3 is 19.4 Å². The average molecular weight is 640 g/mol. The van der Waals surface area contributed by atoms with Crippen molar-refractivity contribution in [2.24, 2.45) is 0 Å². The van der Waals surface area contributed by atoms with Crippen LogP contribution in [0.15, 0.2) is 88.6 Å². The fraction of sp³-hybridized carbons (Fsp3) is 0.323. The first-order chi connectivity index (χ1) is 21.7.